The summed E-state index contributed by atoms with van der Waals surface area (Å²) in [5, 5.41) is 11.6. The predicted octanol–water partition coefficient (Wildman–Crippen LogP) is 1.40. The van der Waals surface area contributed by atoms with Crippen molar-refractivity contribution in [3.8, 4) is 11.5 Å². The highest BCUT2D eigenvalue weighted by atomic mass is 16.5. The summed E-state index contributed by atoms with van der Waals surface area (Å²) in [6.45, 7) is 1.67. The second-order valence-electron chi connectivity index (χ2n) is 6.02. The molecule has 2 N–H and O–H groups in total. The van der Waals surface area contributed by atoms with Crippen LogP contribution in [0.1, 0.15) is 12.8 Å². The summed E-state index contributed by atoms with van der Waals surface area (Å²) in [4.78, 5) is 26.3. The Bertz CT molecular complexity index is 600. The number of carbonyl (C=O) groups is 2. The monoisotopic (exact) mass is 351 g/mol. The fourth-order valence-corrected chi connectivity index (χ4v) is 2.74. The molecule has 1 aliphatic rings. The Morgan fingerprint density at radius 1 is 1.28 bits per heavy atom. The lowest BCUT2D eigenvalue weighted by Gasteiger charge is -2.22. The largest absolute Gasteiger partial charge is 0.497 e. The smallest absolute Gasteiger partial charge is 0.317 e. The van der Waals surface area contributed by atoms with Crippen LogP contribution < -0.4 is 19.7 Å². The van der Waals surface area contributed by atoms with Crippen molar-refractivity contribution in [3.63, 3.8) is 0 Å². The number of nitrogens with zero attached hydrogens (tertiary/aromatic N) is 2. The summed E-state index contributed by atoms with van der Waals surface area (Å²) in [7, 11) is 4.81. The summed E-state index contributed by atoms with van der Waals surface area (Å²) in [6, 6.07) is 5.45. The molecule has 1 saturated heterocycles. The molecule has 1 unspecified atom stereocenters. The summed E-state index contributed by atoms with van der Waals surface area (Å²) < 4.78 is 10.6. The molecule has 1 fully saturated rings. The van der Waals surface area contributed by atoms with Crippen LogP contribution >= 0.6 is 0 Å². The number of carboxylic acids is 1. The maximum absolute atomic E-state index is 12.1. The van der Waals surface area contributed by atoms with Crippen molar-refractivity contribution in [1.29, 1.82) is 0 Å². The van der Waals surface area contributed by atoms with Gasteiger partial charge in [0.05, 0.1) is 20.6 Å². The first kappa shape index (κ1) is 18.7. The zero-order valence-corrected chi connectivity index (χ0v) is 14.8. The van der Waals surface area contributed by atoms with Gasteiger partial charge in [-0.3, -0.25) is 4.79 Å². The molecule has 8 nitrogen and oxygen atoms in total. The third kappa shape index (κ3) is 5.17. The van der Waals surface area contributed by atoms with Gasteiger partial charge in [0.2, 0.25) is 0 Å². The summed E-state index contributed by atoms with van der Waals surface area (Å²) in [6.07, 6.45) is 0.752. The fourth-order valence-electron chi connectivity index (χ4n) is 2.74. The SMILES string of the molecule is COc1cc(OC)cc(N2CCC(NC(=O)N(C)CCC(=O)O)C2)c1. The zero-order chi connectivity index (χ0) is 18.4. The van der Waals surface area contributed by atoms with Crippen LogP contribution in [0.2, 0.25) is 0 Å². The van der Waals surface area contributed by atoms with Crippen LogP contribution in [0.4, 0.5) is 10.5 Å². The molecule has 0 spiro atoms. The highest BCUT2D eigenvalue weighted by Gasteiger charge is 2.25. The predicted molar refractivity (Wildman–Crippen MR) is 93.6 cm³/mol. The molecule has 1 aliphatic heterocycles. The number of hydrogen-bond acceptors (Lipinski definition) is 5. The van der Waals surface area contributed by atoms with Crippen molar-refractivity contribution >= 4 is 17.7 Å². The van der Waals surface area contributed by atoms with E-state index in [1.54, 1.807) is 21.3 Å². The number of benzene rings is 1. The average molecular weight is 351 g/mol. The molecule has 2 amide bonds. The molecule has 0 aromatic heterocycles. The maximum atomic E-state index is 12.1. The van der Waals surface area contributed by atoms with E-state index in [9.17, 15) is 9.59 Å². The van der Waals surface area contributed by atoms with Crippen molar-refractivity contribution in [3.05, 3.63) is 18.2 Å². The zero-order valence-electron chi connectivity index (χ0n) is 14.8. The number of carbonyl (C=O) groups excluding carboxylic acids is 1. The Hall–Kier alpha value is -2.64. The third-order valence-corrected chi connectivity index (χ3v) is 4.22. The van der Waals surface area contributed by atoms with Crippen LogP contribution in [-0.2, 0) is 4.79 Å². The van der Waals surface area contributed by atoms with Crippen LogP contribution in [0.15, 0.2) is 18.2 Å². The van der Waals surface area contributed by atoms with Crippen molar-refractivity contribution in [2.75, 3.05) is 45.8 Å². The molecule has 0 saturated carbocycles. The van der Waals surface area contributed by atoms with E-state index in [0.717, 1.165) is 30.2 Å². The lowest BCUT2D eigenvalue weighted by molar-refractivity contribution is -0.137. The third-order valence-electron chi connectivity index (χ3n) is 4.22. The summed E-state index contributed by atoms with van der Waals surface area (Å²) in [5.74, 6) is 0.518. The van der Waals surface area contributed by atoms with E-state index in [-0.39, 0.29) is 25.0 Å². The molecule has 1 aromatic rings. The number of anilines is 1. The van der Waals surface area contributed by atoms with E-state index >= 15 is 0 Å². The van der Waals surface area contributed by atoms with Crippen molar-refractivity contribution in [2.24, 2.45) is 0 Å². The molecule has 138 valence electrons. The number of nitrogens with one attached hydrogen (secondary N) is 1. The first-order valence-corrected chi connectivity index (χ1v) is 8.14. The van der Waals surface area contributed by atoms with Crippen LogP contribution in [0, 0.1) is 0 Å². The van der Waals surface area contributed by atoms with Gasteiger partial charge < -0.3 is 29.7 Å². The van der Waals surface area contributed by atoms with Gasteiger partial charge >= 0.3 is 12.0 Å². The molecule has 1 atom stereocenters. The molecule has 25 heavy (non-hydrogen) atoms. The molecule has 0 bridgehead atoms. The van der Waals surface area contributed by atoms with Gasteiger partial charge in [-0.25, -0.2) is 4.79 Å². The van der Waals surface area contributed by atoms with Crippen molar-refractivity contribution in [1.82, 2.24) is 10.2 Å². The van der Waals surface area contributed by atoms with Crippen molar-refractivity contribution < 1.29 is 24.2 Å². The van der Waals surface area contributed by atoms with Gasteiger partial charge in [-0.2, -0.15) is 0 Å². The lowest BCUT2D eigenvalue weighted by atomic mass is 10.2. The topological polar surface area (TPSA) is 91.3 Å². The standard InChI is InChI=1S/C17H25N3O5/c1-19(6-5-16(21)22)17(23)18-12-4-7-20(11-12)13-8-14(24-2)10-15(9-13)25-3/h8-10,12H,4-7,11H2,1-3H3,(H,18,23)(H,21,22). The number of urea groups is 1. The number of rotatable bonds is 7. The number of methoxy groups -OCH3 is 2. The lowest BCUT2D eigenvalue weighted by Crippen LogP contribution is -2.44. The average Bonchev–Trinajstić information content (AvgIpc) is 3.07. The van der Waals surface area contributed by atoms with E-state index in [2.05, 4.69) is 10.2 Å². The number of carboxylic acid groups (broad SMARTS) is 1. The van der Waals surface area contributed by atoms with E-state index < -0.39 is 5.97 Å². The molecule has 2 rings (SSSR count). The summed E-state index contributed by atoms with van der Waals surface area (Å²) >= 11 is 0. The fraction of sp³-hybridized carbons (Fsp3) is 0.529. The van der Waals surface area contributed by atoms with Crippen LogP contribution in [0.3, 0.4) is 0 Å². The highest BCUT2D eigenvalue weighted by Crippen LogP contribution is 2.30. The van der Waals surface area contributed by atoms with Crippen LogP contribution in [0.25, 0.3) is 0 Å². The molecule has 0 radical (unpaired) electrons. The van der Waals surface area contributed by atoms with Gasteiger partial charge in [-0.05, 0) is 6.42 Å². The number of amides is 2. The number of hydrogen-bond donors (Lipinski definition) is 2. The second kappa shape index (κ2) is 8.46. The maximum Gasteiger partial charge on any atom is 0.317 e. The minimum Gasteiger partial charge on any atom is -0.497 e. The van der Waals surface area contributed by atoms with Crippen molar-refractivity contribution in [2.45, 2.75) is 18.9 Å². The Morgan fingerprint density at radius 3 is 2.48 bits per heavy atom. The Labute approximate surface area is 147 Å². The Balaban J connectivity index is 1.93. The molecular formula is C17H25N3O5. The minimum atomic E-state index is -0.918. The molecule has 8 heteroatoms. The van der Waals surface area contributed by atoms with Crippen LogP contribution in [-0.4, -0.2) is 69.0 Å². The first-order valence-electron chi connectivity index (χ1n) is 8.14. The molecule has 1 heterocycles. The Kier molecular flexibility index (Phi) is 6.32. The Morgan fingerprint density at radius 2 is 1.92 bits per heavy atom. The normalized spacial score (nSPS) is 16.4. The first-order chi connectivity index (χ1) is 11.9. The van der Waals surface area contributed by atoms with Gasteiger partial charge in [-0.1, -0.05) is 0 Å². The molecule has 0 aliphatic carbocycles. The minimum absolute atomic E-state index is 0.0111. The van der Waals surface area contributed by atoms with Gasteiger partial charge in [0.15, 0.2) is 0 Å². The van der Waals surface area contributed by atoms with E-state index in [4.69, 9.17) is 14.6 Å². The van der Waals surface area contributed by atoms with E-state index in [0.29, 0.717) is 6.54 Å². The molecule has 1 aromatic carbocycles. The molecular weight excluding hydrogens is 326 g/mol. The second-order valence-corrected chi connectivity index (χ2v) is 6.02. The highest BCUT2D eigenvalue weighted by molar-refractivity contribution is 5.75. The number of ether oxygens (including phenoxy) is 2. The quantitative estimate of drug-likeness (QED) is 0.772. The van der Waals surface area contributed by atoms with Gasteiger partial charge in [-0.15, -0.1) is 0 Å². The summed E-state index contributed by atoms with van der Waals surface area (Å²) in [5.41, 5.74) is 0.979. The number of aliphatic carboxylic acids is 1. The van der Waals surface area contributed by atoms with Gasteiger partial charge in [0.25, 0.3) is 0 Å². The van der Waals surface area contributed by atoms with E-state index in [1.807, 2.05) is 18.2 Å². The van der Waals surface area contributed by atoms with Crippen LogP contribution in [0.5, 0.6) is 11.5 Å². The van der Waals surface area contributed by atoms with E-state index in [1.165, 1.54) is 4.90 Å². The van der Waals surface area contributed by atoms with Gasteiger partial charge in [0.1, 0.15) is 11.5 Å². The van der Waals surface area contributed by atoms with Gasteiger partial charge in [0, 0.05) is 56.6 Å².